The molecule has 2 nitrogen and oxygen atoms in total. The molecule has 0 atom stereocenters. The lowest BCUT2D eigenvalue weighted by molar-refractivity contribution is 0.415. The van der Waals surface area contributed by atoms with Crippen LogP contribution in [0.3, 0.4) is 0 Å². The van der Waals surface area contributed by atoms with Crippen LogP contribution in [0.25, 0.3) is 11.1 Å². The molecule has 0 aliphatic rings. The number of rotatable bonds is 2. The van der Waals surface area contributed by atoms with Crippen LogP contribution in [0.2, 0.25) is 0 Å². The van der Waals surface area contributed by atoms with E-state index in [2.05, 4.69) is 11.1 Å². The van der Waals surface area contributed by atoms with Crippen molar-refractivity contribution in [1.82, 2.24) is 4.98 Å². The highest BCUT2D eigenvalue weighted by atomic mass is 16.5. The molecule has 0 saturated heterocycles. The number of aromatic nitrogens is 1. The zero-order valence-electron chi connectivity index (χ0n) is 7.90. The van der Waals surface area contributed by atoms with Gasteiger partial charge in [0.1, 0.15) is 5.75 Å². The molecule has 2 heteroatoms. The third-order valence-corrected chi connectivity index (χ3v) is 1.99. The molecule has 69 valence electrons. The molecule has 0 amide bonds. The van der Waals surface area contributed by atoms with Crippen molar-refractivity contribution in [2.45, 2.75) is 0 Å². The van der Waals surface area contributed by atoms with Crippen molar-refractivity contribution in [3.8, 4) is 16.9 Å². The molecule has 0 fully saturated rings. The molecule has 1 heterocycles. The summed E-state index contributed by atoms with van der Waals surface area (Å²) in [5, 5.41) is 0. The zero-order valence-corrected chi connectivity index (χ0v) is 7.90. The van der Waals surface area contributed by atoms with Gasteiger partial charge in [0.2, 0.25) is 0 Å². The first-order valence-electron chi connectivity index (χ1n) is 4.37. The van der Waals surface area contributed by atoms with Gasteiger partial charge >= 0.3 is 0 Å². The van der Waals surface area contributed by atoms with Crippen molar-refractivity contribution in [3.05, 3.63) is 48.8 Å². The molecular weight excluding hydrogens is 174 g/mol. The molecule has 2 rings (SSSR count). The quantitative estimate of drug-likeness (QED) is 0.715. The Bertz CT molecular complexity index is 412. The number of methoxy groups -OCH3 is 1. The second-order valence-corrected chi connectivity index (χ2v) is 2.86. The summed E-state index contributed by atoms with van der Waals surface area (Å²) in [6.07, 6.45) is 3.56. The average molecular weight is 184 g/mol. The lowest BCUT2D eigenvalue weighted by atomic mass is 10.1. The molecule has 0 spiro atoms. The number of pyridine rings is 1. The summed E-state index contributed by atoms with van der Waals surface area (Å²) < 4.78 is 5.22. The first-order valence-corrected chi connectivity index (χ1v) is 4.37. The first kappa shape index (κ1) is 8.75. The van der Waals surface area contributed by atoms with Crippen LogP contribution in [-0.2, 0) is 0 Å². The fraction of sp³-hybridized carbons (Fsp3) is 0.0833. The van der Waals surface area contributed by atoms with E-state index in [4.69, 9.17) is 4.74 Å². The lowest BCUT2D eigenvalue weighted by Crippen LogP contribution is -1.87. The molecule has 0 bridgehead atoms. The van der Waals surface area contributed by atoms with Crippen LogP contribution in [-0.4, -0.2) is 12.1 Å². The smallest absolute Gasteiger partial charge is 0.134 e. The fourth-order valence-corrected chi connectivity index (χ4v) is 1.34. The molecular formula is C12H10NO. The highest BCUT2D eigenvalue weighted by molar-refractivity contribution is 5.69. The lowest BCUT2D eigenvalue weighted by Gasteiger charge is -2.06. The van der Waals surface area contributed by atoms with Gasteiger partial charge in [0, 0.05) is 29.6 Å². The second kappa shape index (κ2) is 3.92. The standard InChI is InChI=1S/C12H10NO/c1-14-12-7-3-2-6-11(12)10-5-4-8-13-9-10/h2-6,8-9H,1H3. The predicted molar refractivity (Wildman–Crippen MR) is 55.1 cm³/mol. The Morgan fingerprint density at radius 2 is 2.21 bits per heavy atom. The van der Waals surface area contributed by atoms with Crippen LogP contribution >= 0.6 is 0 Å². The summed E-state index contributed by atoms with van der Waals surface area (Å²) in [5.74, 6) is 0.750. The van der Waals surface area contributed by atoms with E-state index in [1.165, 1.54) is 0 Å². The van der Waals surface area contributed by atoms with Crippen molar-refractivity contribution < 1.29 is 4.74 Å². The number of hydrogen-bond donors (Lipinski definition) is 0. The molecule has 0 aliphatic carbocycles. The number of para-hydroxylation sites is 1. The first-order chi connectivity index (χ1) is 6.92. The van der Waals surface area contributed by atoms with E-state index in [1.54, 1.807) is 13.3 Å². The average Bonchev–Trinajstić information content (AvgIpc) is 2.30. The summed E-state index contributed by atoms with van der Waals surface area (Å²) in [4.78, 5) is 4.07. The highest BCUT2D eigenvalue weighted by Crippen LogP contribution is 2.27. The molecule has 0 aliphatic heterocycles. The van der Waals surface area contributed by atoms with Gasteiger partial charge in [-0.2, -0.15) is 0 Å². The van der Waals surface area contributed by atoms with Crippen molar-refractivity contribution in [2.75, 3.05) is 7.11 Å². The maximum Gasteiger partial charge on any atom is 0.134 e. The predicted octanol–water partition coefficient (Wildman–Crippen LogP) is 2.56. The van der Waals surface area contributed by atoms with Gasteiger partial charge in [-0.15, -0.1) is 0 Å². The number of nitrogens with zero attached hydrogens (tertiary/aromatic N) is 1. The summed E-state index contributed by atoms with van der Waals surface area (Å²) in [6.45, 7) is 0. The molecule has 0 saturated carbocycles. The molecule has 1 aromatic carbocycles. The normalized spacial score (nSPS) is 9.79. The van der Waals surface area contributed by atoms with Crippen molar-refractivity contribution in [1.29, 1.82) is 0 Å². The van der Waals surface area contributed by atoms with Gasteiger partial charge in [-0.05, 0) is 6.07 Å². The number of ether oxygens (including phenoxy) is 1. The van der Waals surface area contributed by atoms with Gasteiger partial charge < -0.3 is 4.74 Å². The number of benzene rings is 1. The Kier molecular flexibility index (Phi) is 2.45. The molecule has 0 unspecified atom stereocenters. The minimum atomic E-state index is 0.750. The van der Waals surface area contributed by atoms with E-state index in [0.717, 1.165) is 16.9 Å². The Morgan fingerprint density at radius 1 is 1.29 bits per heavy atom. The summed E-state index contributed by atoms with van der Waals surface area (Å²) >= 11 is 0. The SMILES string of the molecule is COc1[c]cccc1-c1cccnc1. The Morgan fingerprint density at radius 3 is 2.93 bits per heavy atom. The summed E-state index contributed by atoms with van der Waals surface area (Å²) in [5.41, 5.74) is 2.06. The van der Waals surface area contributed by atoms with Crippen LogP contribution in [0.4, 0.5) is 0 Å². The van der Waals surface area contributed by atoms with E-state index in [0.29, 0.717) is 0 Å². The third kappa shape index (κ3) is 1.59. The molecule has 1 aromatic heterocycles. The van der Waals surface area contributed by atoms with Crippen molar-refractivity contribution in [3.63, 3.8) is 0 Å². The fourth-order valence-electron chi connectivity index (χ4n) is 1.34. The highest BCUT2D eigenvalue weighted by Gasteiger charge is 2.03. The van der Waals surface area contributed by atoms with E-state index in [-0.39, 0.29) is 0 Å². The Labute approximate surface area is 83.2 Å². The zero-order chi connectivity index (χ0) is 9.80. The topological polar surface area (TPSA) is 22.1 Å². The van der Waals surface area contributed by atoms with Gasteiger partial charge in [-0.1, -0.05) is 24.3 Å². The largest absolute Gasteiger partial charge is 0.495 e. The van der Waals surface area contributed by atoms with Gasteiger partial charge in [0.25, 0.3) is 0 Å². The molecule has 0 N–H and O–H groups in total. The van der Waals surface area contributed by atoms with E-state index < -0.39 is 0 Å². The monoisotopic (exact) mass is 184 g/mol. The maximum absolute atomic E-state index is 5.22. The van der Waals surface area contributed by atoms with Gasteiger partial charge in [-0.3, -0.25) is 4.98 Å². The maximum atomic E-state index is 5.22. The van der Waals surface area contributed by atoms with E-state index >= 15 is 0 Å². The second-order valence-electron chi connectivity index (χ2n) is 2.86. The van der Waals surface area contributed by atoms with Gasteiger partial charge in [0.05, 0.1) is 7.11 Å². The minimum absolute atomic E-state index is 0.750. The number of hydrogen-bond acceptors (Lipinski definition) is 2. The van der Waals surface area contributed by atoms with Crippen LogP contribution in [0, 0.1) is 6.07 Å². The summed E-state index contributed by atoms with van der Waals surface area (Å²) in [6, 6.07) is 12.7. The minimum Gasteiger partial charge on any atom is -0.495 e. The summed E-state index contributed by atoms with van der Waals surface area (Å²) in [7, 11) is 1.64. The van der Waals surface area contributed by atoms with Crippen LogP contribution < -0.4 is 4.74 Å². The van der Waals surface area contributed by atoms with E-state index in [1.807, 2.05) is 36.5 Å². The molecule has 2 aromatic rings. The Hall–Kier alpha value is -1.83. The van der Waals surface area contributed by atoms with Crippen LogP contribution in [0.5, 0.6) is 5.75 Å². The molecule has 1 radical (unpaired) electrons. The molecule has 14 heavy (non-hydrogen) atoms. The van der Waals surface area contributed by atoms with Gasteiger partial charge in [-0.25, -0.2) is 0 Å². The third-order valence-electron chi connectivity index (χ3n) is 1.99. The van der Waals surface area contributed by atoms with E-state index in [9.17, 15) is 0 Å². The van der Waals surface area contributed by atoms with Crippen molar-refractivity contribution >= 4 is 0 Å². The van der Waals surface area contributed by atoms with Crippen LogP contribution in [0.1, 0.15) is 0 Å². The van der Waals surface area contributed by atoms with Gasteiger partial charge in [0.15, 0.2) is 0 Å². The Balaban J connectivity index is 2.51. The van der Waals surface area contributed by atoms with Crippen LogP contribution in [0.15, 0.2) is 42.7 Å². The van der Waals surface area contributed by atoms with Crippen molar-refractivity contribution in [2.24, 2.45) is 0 Å².